The lowest BCUT2D eigenvalue weighted by molar-refractivity contribution is -0.143. The molecule has 0 aromatic heterocycles. The number of hydrogen-bond donors (Lipinski definition) is 1. The van der Waals surface area contributed by atoms with Gasteiger partial charge in [-0.2, -0.15) is 0 Å². The Morgan fingerprint density at radius 3 is 2.71 bits per heavy atom. The van der Waals surface area contributed by atoms with Crippen LogP contribution in [0.4, 0.5) is 0 Å². The summed E-state index contributed by atoms with van der Waals surface area (Å²) in [5, 5.41) is 10.5. The molecule has 2 heterocycles. The number of rotatable bonds is 13. The van der Waals surface area contributed by atoms with Crippen molar-refractivity contribution >= 4 is 11.9 Å². The second-order valence-corrected chi connectivity index (χ2v) is 10.5. The molecule has 3 atom stereocenters. The van der Waals surface area contributed by atoms with Crippen molar-refractivity contribution in [1.82, 2.24) is 9.80 Å². The molecule has 7 heteroatoms. The highest BCUT2D eigenvalue weighted by Crippen LogP contribution is 2.41. The first-order valence-electron chi connectivity index (χ1n) is 14.1. The quantitative estimate of drug-likeness (QED) is 0.408. The third-order valence-corrected chi connectivity index (χ3v) is 8.17. The monoisotopic (exact) mass is 522 g/mol. The van der Waals surface area contributed by atoms with Crippen molar-refractivity contribution in [1.29, 1.82) is 0 Å². The van der Waals surface area contributed by atoms with Crippen LogP contribution in [0.25, 0.3) is 0 Å². The van der Waals surface area contributed by atoms with Gasteiger partial charge in [0.05, 0.1) is 26.2 Å². The summed E-state index contributed by atoms with van der Waals surface area (Å²) in [6.07, 6.45) is 5.17. The maximum absolute atomic E-state index is 13.3. The van der Waals surface area contributed by atoms with Crippen LogP contribution in [0, 0.1) is 5.92 Å². The number of likely N-dealkylation sites (tertiary alicyclic amines) is 1. The van der Waals surface area contributed by atoms with Crippen molar-refractivity contribution in [3.05, 3.63) is 59.2 Å². The molecular weight excluding hydrogens is 480 g/mol. The fraction of sp³-hybridized carbons (Fsp3) is 0.548. The number of benzene rings is 2. The number of carbonyl (C=O) groups is 2. The molecule has 2 aliphatic heterocycles. The van der Waals surface area contributed by atoms with Crippen molar-refractivity contribution in [3.63, 3.8) is 0 Å². The van der Waals surface area contributed by atoms with E-state index in [1.807, 2.05) is 42.2 Å². The summed E-state index contributed by atoms with van der Waals surface area (Å²) in [4.78, 5) is 30.1. The van der Waals surface area contributed by atoms with E-state index >= 15 is 0 Å². The molecule has 38 heavy (non-hydrogen) atoms. The fourth-order valence-corrected chi connectivity index (χ4v) is 6.12. The van der Waals surface area contributed by atoms with E-state index in [0.717, 1.165) is 66.8 Å². The highest BCUT2D eigenvalue weighted by Gasteiger charge is 2.47. The number of unbranched alkanes of at least 4 members (excludes halogenated alkanes) is 1. The molecule has 1 amide bonds. The summed E-state index contributed by atoms with van der Waals surface area (Å²) in [7, 11) is 1.67. The van der Waals surface area contributed by atoms with Crippen molar-refractivity contribution < 1.29 is 24.2 Å². The number of nitrogens with zero attached hydrogens (tertiary/aromatic N) is 2. The van der Waals surface area contributed by atoms with E-state index in [2.05, 4.69) is 24.0 Å². The zero-order chi connectivity index (χ0) is 27.1. The lowest BCUT2D eigenvalue weighted by atomic mass is 9.83. The molecule has 2 aliphatic rings. The minimum atomic E-state index is -0.790. The molecule has 206 valence electrons. The maximum atomic E-state index is 13.3. The first kappa shape index (κ1) is 28.0. The predicted octanol–water partition coefficient (Wildman–Crippen LogP) is 4.77. The number of para-hydroxylation sites is 1. The molecule has 7 nitrogen and oxygen atoms in total. The average Bonchev–Trinajstić information content (AvgIpc) is 3.53. The number of carbonyl (C=O) groups excluding carboxylic acids is 1. The number of amides is 1. The summed E-state index contributed by atoms with van der Waals surface area (Å²) >= 11 is 0. The number of carboxylic acids is 1. The molecule has 0 bridgehead atoms. The van der Waals surface area contributed by atoms with Gasteiger partial charge in [0, 0.05) is 38.0 Å². The minimum absolute atomic E-state index is 0.0859. The Kier molecular flexibility index (Phi) is 9.67. The fourth-order valence-electron chi connectivity index (χ4n) is 6.12. The Bertz CT molecular complexity index is 1100. The third kappa shape index (κ3) is 6.32. The summed E-state index contributed by atoms with van der Waals surface area (Å²) in [6.45, 7) is 7.04. The van der Waals surface area contributed by atoms with Crippen molar-refractivity contribution in [2.75, 3.05) is 39.9 Å². The second-order valence-electron chi connectivity index (χ2n) is 10.5. The molecule has 0 radical (unpaired) electrons. The molecule has 1 saturated heterocycles. The zero-order valence-electron chi connectivity index (χ0n) is 23.0. The maximum Gasteiger partial charge on any atom is 0.308 e. The number of aryl methyl sites for hydroxylation is 1. The van der Waals surface area contributed by atoms with E-state index < -0.39 is 11.9 Å². The van der Waals surface area contributed by atoms with Crippen LogP contribution in [0.5, 0.6) is 11.5 Å². The lowest BCUT2D eigenvalue weighted by Crippen LogP contribution is -2.44. The number of carboxylic acid groups (broad SMARTS) is 1. The standard InChI is InChI=1S/C31H42N2O5/c1-4-6-17-32(5-2)29(34)21-33-20-25(23-14-15-28-24(19-23)16-18-38-28)30(31(35)36)26(33)12-9-11-22-10-7-8-13-27(22)37-3/h7-8,10,13-15,19,25-26,30H,4-6,9,11-12,16-18,20-21H2,1-3H3,(H,35,36). The Balaban J connectivity index is 1.57. The van der Waals surface area contributed by atoms with Gasteiger partial charge in [-0.25, -0.2) is 0 Å². The molecule has 4 rings (SSSR count). The van der Waals surface area contributed by atoms with Gasteiger partial charge in [-0.15, -0.1) is 0 Å². The molecular formula is C31H42N2O5. The van der Waals surface area contributed by atoms with Gasteiger partial charge < -0.3 is 19.5 Å². The Morgan fingerprint density at radius 2 is 1.97 bits per heavy atom. The van der Waals surface area contributed by atoms with Crippen LogP contribution in [0.3, 0.4) is 0 Å². The van der Waals surface area contributed by atoms with Crippen LogP contribution in [0.15, 0.2) is 42.5 Å². The number of methoxy groups -OCH3 is 1. The molecule has 0 aliphatic carbocycles. The van der Waals surface area contributed by atoms with Gasteiger partial charge in [0.15, 0.2) is 0 Å². The average molecular weight is 523 g/mol. The lowest BCUT2D eigenvalue weighted by Gasteiger charge is -2.29. The van der Waals surface area contributed by atoms with E-state index in [9.17, 15) is 14.7 Å². The topological polar surface area (TPSA) is 79.3 Å². The Labute approximate surface area is 226 Å². The van der Waals surface area contributed by atoms with E-state index in [-0.39, 0.29) is 24.4 Å². The summed E-state index contributed by atoms with van der Waals surface area (Å²) < 4.78 is 11.2. The number of aliphatic carboxylic acids is 1. The van der Waals surface area contributed by atoms with Crippen LogP contribution in [0.2, 0.25) is 0 Å². The van der Waals surface area contributed by atoms with E-state index in [0.29, 0.717) is 26.1 Å². The first-order valence-corrected chi connectivity index (χ1v) is 14.1. The number of ether oxygens (including phenoxy) is 2. The molecule has 3 unspecified atom stereocenters. The van der Waals surface area contributed by atoms with Crippen LogP contribution in [0.1, 0.15) is 62.1 Å². The Morgan fingerprint density at radius 1 is 1.16 bits per heavy atom. The summed E-state index contributed by atoms with van der Waals surface area (Å²) in [6, 6.07) is 13.9. The smallest absolute Gasteiger partial charge is 0.308 e. The Hall–Kier alpha value is -3.06. The van der Waals surface area contributed by atoms with Crippen molar-refractivity contribution in [3.8, 4) is 11.5 Å². The molecule has 1 fully saturated rings. The minimum Gasteiger partial charge on any atom is -0.496 e. The van der Waals surface area contributed by atoms with E-state index in [1.54, 1.807) is 7.11 Å². The highest BCUT2D eigenvalue weighted by atomic mass is 16.5. The van der Waals surface area contributed by atoms with Crippen LogP contribution in [-0.2, 0) is 22.4 Å². The molecule has 0 spiro atoms. The van der Waals surface area contributed by atoms with Crippen LogP contribution >= 0.6 is 0 Å². The molecule has 0 saturated carbocycles. The van der Waals surface area contributed by atoms with Crippen LogP contribution < -0.4 is 9.47 Å². The number of fused-ring (bicyclic) bond motifs is 1. The van der Waals surface area contributed by atoms with Crippen molar-refractivity contribution in [2.24, 2.45) is 5.92 Å². The summed E-state index contributed by atoms with van der Waals surface area (Å²) in [5.41, 5.74) is 3.30. The van der Waals surface area contributed by atoms with Gasteiger partial charge in [0.25, 0.3) is 0 Å². The highest BCUT2D eigenvalue weighted by molar-refractivity contribution is 5.79. The molecule has 2 aromatic carbocycles. The number of hydrogen-bond acceptors (Lipinski definition) is 5. The largest absolute Gasteiger partial charge is 0.496 e. The SMILES string of the molecule is CCCCN(CC)C(=O)CN1CC(c2ccc3c(c2)CCO3)C(C(=O)O)C1CCCc1ccccc1OC. The van der Waals surface area contributed by atoms with Gasteiger partial charge in [-0.3, -0.25) is 14.5 Å². The van der Waals surface area contributed by atoms with Crippen LogP contribution in [-0.4, -0.2) is 72.7 Å². The third-order valence-electron chi connectivity index (χ3n) is 8.17. The summed E-state index contributed by atoms with van der Waals surface area (Å²) in [5.74, 6) is 0.298. The van der Waals surface area contributed by atoms with Crippen molar-refractivity contribution in [2.45, 2.75) is 64.3 Å². The van der Waals surface area contributed by atoms with Gasteiger partial charge in [-0.1, -0.05) is 43.7 Å². The zero-order valence-corrected chi connectivity index (χ0v) is 23.0. The number of likely N-dealkylation sites (N-methyl/N-ethyl adjacent to an activating group) is 1. The normalized spacial score (nSPS) is 20.7. The van der Waals surface area contributed by atoms with E-state index in [1.165, 1.54) is 0 Å². The van der Waals surface area contributed by atoms with Gasteiger partial charge in [0.1, 0.15) is 11.5 Å². The van der Waals surface area contributed by atoms with E-state index in [4.69, 9.17) is 9.47 Å². The van der Waals surface area contributed by atoms with Gasteiger partial charge in [-0.05, 0) is 61.4 Å². The molecule has 1 N–H and O–H groups in total. The molecule has 2 aromatic rings. The first-order chi connectivity index (χ1) is 18.5. The van der Waals surface area contributed by atoms with Gasteiger partial charge >= 0.3 is 5.97 Å². The predicted molar refractivity (Wildman–Crippen MR) is 148 cm³/mol. The second kappa shape index (κ2) is 13.1. The van der Waals surface area contributed by atoms with Gasteiger partial charge in [0.2, 0.25) is 5.91 Å².